The first-order valence-corrected chi connectivity index (χ1v) is 8.47. The molecule has 1 amide bonds. The number of benzene rings is 1. The lowest BCUT2D eigenvalue weighted by Crippen LogP contribution is -2.23. The van der Waals surface area contributed by atoms with Crippen LogP contribution in [-0.2, 0) is 18.4 Å². The number of thiazole rings is 1. The summed E-state index contributed by atoms with van der Waals surface area (Å²) in [5, 5.41) is 3.04. The van der Waals surface area contributed by atoms with Crippen molar-refractivity contribution in [3.8, 4) is 0 Å². The molecule has 0 bridgehead atoms. The van der Waals surface area contributed by atoms with Crippen molar-refractivity contribution in [3.05, 3.63) is 46.5 Å². The Hall–Kier alpha value is -3.14. The Kier molecular flexibility index (Phi) is 3.76. The smallest absolute Gasteiger partial charge is 0.279 e. The number of anilines is 1. The molecule has 0 fully saturated rings. The number of halogens is 1. The second-order valence-corrected chi connectivity index (χ2v) is 6.87. The molecule has 0 spiro atoms. The van der Waals surface area contributed by atoms with Crippen molar-refractivity contribution >= 4 is 43.8 Å². The first kappa shape index (κ1) is 16.3. The third-order valence-electron chi connectivity index (χ3n) is 3.92. The molecule has 0 radical (unpaired) electrons. The summed E-state index contributed by atoms with van der Waals surface area (Å²) in [4.78, 5) is 36.9. The molecule has 0 saturated carbocycles. The molecule has 8 nitrogen and oxygen atoms in total. The van der Waals surface area contributed by atoms with Gasteiger partial charge in [-0.1, -0.05) is 11.3 Å². The average Bonchev–Trinajstić information content (AvgIpc) is 3.15. The van der Waals surface area contributed by atoms with E-state index in [9.17, 15) is 14.0 Å². The molecule has 3 heterocycles. The van der Waals surface area contributed by atoms with E-state index in [0.717, 1.165) is 4.70 Å². The van der Waals surface area contributed by atoms with E-state index in [4.69, 9.17) is 0 Å². The van der Waals surface area contributed by atoms with Crippen LogP contribution >= 0.6 is 11.3 Å². The van der Waals surface area contributed by atoms with Gasteiger partial charge < -0.3 is 14.5 Å². The van der Waals surface area contributed by atoms with Crippen LogP contribution in [0.4, 0.5) is 9.52 Å². The van der Waals surface area contributed by atoms with Gasteiger partial charge in [0.1, 0.15) is 12.4 Å². The number of nitrogens with zero attached hydrogens (tertiary/aromatic N) is 5. The lowest BCUT2D eigenvalue weighted by molar-refractivity contribution is -0.116. The van der Waals surface area contributed by atoms with E-state index in [-0.39, 0.29) is 35.0 Å². The second-order valence-electron chi connectivity index (χ2n) is 5.84. The van der Waals surface area contributed by atoms with E-state index in [1.807, 2.05) is 0 Å². The van der Waals surface area contributed by atoms with Gasteiger partial charge in [0.2, 0.25) is 5.91 Å². The predicted octanol–water partition coefficient (Wildman–Crippen LogP) is 1.83. The molecule has 0 aliphatic rings. The minimum atomic E-state index is -0.369. The highest BCUT2D eigenvalue weighted by Crippen LogP contribution is 2.28. The molecule has 4 aromatic rings. The maximum Gasteiger partial charge on any atom is 0.279 e. The molecule has 10 heteroatoms. The van der Waals surface area contributed by atoms with Gasteiger partial charge in [0.05, 0.1) is 22.9 Å². The monoisotopic (exact) mass is 372 g/mol. The molecule has 0 aliphatic heterocycles. The molecule has 1 N–H and O–H groups in total. The lowest BCUT2D eigenvalue weighted by atomic mass is 10.2. The Morgan fingerprint density at radius 2 is 2.08 bits per heavy atom. The summed E-state index contributed by atoms with van der Waals surface area (Å²) < 4.78 is 17.2. The maximum atomic E-state index is 13.6. The van der Waals surface area contributed by atoms with Crippen molar-refractivity contribution in [2.45, 2.75) is 13.5 Å². The zero-order valence-corrected chi connectivity index (χ0v) is 14.7. The average molecular weight is 372 g/mol. The van der Waals surface area contributed by atoms with E-state index >= 15 is 0 Å². The second kappa shape index (κ2) is 5.99. The van der Waals surface area contributed by atoms with Gasteiger partial charge in [-0.25, -0.2) is 19.3 Å². The number of hydrogen-bond acceptors (Lipinski definition) is 6. The number of hydrogen-bond donors (Lipinski definition) is 1. The molecule has 0 unspecified atom stereocenters. The van der Waals surface area contributed by atoms with E-state index in [2.05, 4.69) is 20.3 Å². The van der Waals surface area contributed by atoms with Crippen LogP contribution in [0, 0.1) is 12.7 Å². The minimum Gasteiger partial charge on any atom is -0.315 e. The summed E-state index contributed by atoms with van der Waals surface area (Å²) in [6, 6.07) is 3.03. The van der Waals surface area contributed by atoms with Crippen LogP contribution in [0.2, 0.25) is 0 Å². The third-order valence-corrected chi connectivity index (χ3v) is 4.86. The van der Waals surface area contributed by atoms with Crippen molar-refractivity contribution in [2.24, 2.45) is 7.05 Å². The standard InChI is InChI=1S/C16H13FN6O2S/c1-8-3-11-10(4-9(8)17)20-16(26-11)21-12(24)5-23-7-19-14-13(23)15(25)22(2)6-18-14/h3-4,6-7H,5H2,1-2H3,(H,20,21,24). The number of nitrogens with one attached hydrogen (secondary N) is 1. The van der Waals surface area contributed by atoms with Crippen molar-refractivity contribution < 1.29 is 9.18 Å². The molecule has 3 aromatic heterocycles. The first-order chi connectivity index (χ1) is 12.4. The van der Waals surface area contributed by atoms with Crippen LogP contribution in [0.5, 0.6) is 0 Å². The lowest BCUT2D eigenvalue weighted by Gasteiger charge is -2.04. The predicted molar refractivity (Wildman–Crippen MR) is 95.7 cm³/mol. The summed E-state index contributed by atoms with van der Waals surface area (Å²) in [5.41, 5.74) is 1.26. The molecular formula is C16H13FN6O2S. The zero-order chi connectivity index (χ0) is 18.4. The summed E-state index contributed by atoms with van der Waals surface area (Å²) in [6.45, 7) is 1.56. The number of amides is 1. The number of fused-ring (bicyclic) bond motifs is 2. The van der Waals surface area contributed by atoms with Gasteiger partial charge in [0.15, 0.2) is 16.3 Å². The summed E-state index contributed by atoms with van der Waals surface area (Å²) >= 11 is 1.26. The number of carbonyl (C=O) groups excluding carboxylic acids is 1. The SMILES string of the molecule is Cc1cc2sc(NC(=O)Cn3cnc4ncn(C)c(=O)c43)nc2cc1F. The summed E-state index contributed by atoms with van der Waals surface area (Å²) in [7, 11) is 1.58. The molecule has 132 valence electrons. The molecule has 4 rings (SSSR count). The van der Waals surface area contributed by atoms with Crippen LogP contribution in [-0.4, -0.2) is 30.0 Å². The molecule has 26 heavy (non-hydrogen) atoms. The van der Waals surface area contributed by atoms with E-state index < -0.39 is 0 Å². The highest BCUT2D eigenvalue weighted by molar-refractivity contribution is 7.22. The number of aryl methyl sites for hydroxylation is 2. The number of carbonyl (C=O) groups is 1. The van der Waals surface area contributed by atoms with Crippen LogP contribution in [0.1, 0.15) is 5.56 Å². The van der Waals surface area contributed by atoms with E-state index in [0.29, 0.717) is 16.2 Å². The fourth-order valence-corrected chi connectivity index (χ4v) is 3.54. The molecule has 1 aromatic carbocycles. The number of rotatable bonds is 3. The largest absolute Gasteiger partial charge is 0.315 e. The summed E-state index contributed by atoms with van der Waals surface area (Å²) in [6.07, 6.45) is 2.78. The third kappa shape index (κ3) is 2.73. The van der Waals surface area contributed by atoms with Crippen molar-refractivity contribution in [2.75, 3.05) is 5.32 Å². The molecular weight excluding hydrogens is 359 g/mol. The van der Waals surface area contributed by atoms with Gasteiger partial charge in [-0.3, -0.25) is 9.59 Å². The van der Waals surface area contributed by atoms with Gasteiger partial charge in [-0.2, -0.15) is 0 Å². The normalized spacial score (nSPS) is 11.3. The Labute approximate surface area is 149 Å². The van der Waals surface area contributed by atoms with E-state index in [1.54, 1.807) is 20.0 Å². The van der Waals surface area contributed by atoms with Crippen LogP contribution < -0.4 is 10.9 Å². The molecule has 0 aliphatic carbocycles. The minimum absolute atomic E-state index is 0.110. The molecule has 0 atom stereocenters. The molecule has 0 saturated heterocycles. The fraction of sp³-hybridized carbons (Fsp3) is 0.188. The van der Waals surface area contributed by atoms with Gasteiger partial charge >= 0.3 is 0 Å². The van der Waals surface area contributed by atoms with Gasteiger partial charge in [0, 0.05) is 13.1 Å². The zero-order valence-electron chi connectivity index (χ0n) is 13.9. The Bertz CT molecular complexity index is 1190. The maximum absolute atomic E-state index is 13.6. The highest BCUT2D eigenvalue weighted by atomic mass is 32.1. The van der Waals surface area contributed by atoms with Gasteiger partial charge in [-0.05, 0) is 18.6 Å². The first-order valence-electron chi connectivity index (χ1n) is 7.65. The number of aromatic nitrogens is 5. The Morgan fingerprint density at radius 1 is 1.31 bits per heavy atom. The van der Waals surface area contributed by atoms with E-state index in [1.165, 1.54) is 39.2 Å². The summed E-state index contributed by atoms with van der Waals surface area (Å²) in [5.74, 6) is -0.708. The highest BCUT2D eigenvalue weighted by Gasteiger charge is 2.14. The van der Waals surface area contributed by atoms with Crippen LogP contribution in [0.3, 0.4) is 0 Å². The topological polar surface area (TPSA) is 94.7 Å². The van der Waals surface area contributed by atoms with Crippen molar-refractivity contribution in [1.29, 1.82) is 0 Å². The quantitative estimate of drug-likeness (QED) is 0.592. The van der Waals surface area contributed by atoms with Crippen molar-refractivity contribution in [1.82, 2.24) is 24.1 Å². The van der Waals surface area contributed by atoms with Crippen LogP contribution in [0.15, 0.2) is 29.6 Å². The Morgan fingerprint density at radius 3 is 2.88 bits per heavy atom. The van der Waals surface area contributed by atoms with Gasteiger partial charge in [-0.15, -0.1) is 0 Å². The van der Waals surface area contributed by atoms with Crippen LogP contribution in [0.25, 0.3) is 21.4 Å². The van der Waals surface area contributed by atoms with Crippen molar-refractivity contribution in [3.63, 3.8) is 0 Å². The number of imidazole rings is 1. The van der Waals surface area contributed by atoms with Gasteiger partial charge in [0.25, 0.3) is 5.56 Å². The fourth-order valence-electron chi connectivity index (χ4n) is 2.58. The Balaban J connectivity index is 1.60.